The Kier molecular flexibility index (Phi) is 7.16. The summed E-state index contributed by atoms with van der Waals surface area (Å²) in [5, 5.41) is 3.15. The SMILES string of the molecule is C=CCCC/C(=C\C)CNC. The summed E-state index contributed by atoms with van der Waals surface area (Å²) >= 11 is 0. The zero-order valence-corrected chi connectivity index (χ0v) is 7.69. The van der Waals surface area contributed by atoms with Crippen LogP contribution in [0.4, 0.5) is 0 Å². The molecule has 1 heteroatoms. The average molecular weight is 153 g/mol. The highest BCUT2D eigenvalue weighted by Gasteiger charge is 1.92. The molecule has 1 N–H and O–H groups in total. The summed E-state index contributed by atoms with van der Waals surface area (Å²) in [5.74, 6) is 0. The molecule has 0 bridgehead atoms. The number of hydrogen-bond donors (Lipinski definition) is 1. The molecule has 0 aliphatic heterocycles. The fourth-order valence-electron chi connectivity index (χ4n) is 1.04. The first-order valence-corrected chi connectivity index (χ1v) is 4.24. The Hall–Kier alpha value is -0.560. The van der Waals surface area contributed by atoms with Gasteiger partial charge in [-0.1, -0.05) is 17.7 Å². The van der Waals surface area contributed by atoms with E-state index in [1.807, 2.05) is 13.1 Å². The molecular formula is C10H19N. The summed E-state index contributed by atoms with van der Waals surface area (Å²) in [6.45, 7) is 6.81. The minimum absolute atomic E-state index is 1.02. The van der Waals surface area contributed by atoms with Gasteiger partial charge in [0.1, 0.15) is 0 Å². The molecule has 0 saturated heterocycles. The minimum Gasteiger partial charge on any atom is -0.316 e. The van der Waals surface area contributed by atoms with Gasteiger partial charge in [0.2, 0.25) is 0 Å². The summed E-state index contributed by atoms with van der Waals surface area (Å²) in [6.07, 6.45) is 7.72. The second-order valence-corrected chi connectivity index (χ2v) is 2.66. The molecule has 0 atom stereocenters. The van der Waals surface area contributed by atoms with Crippen LogP contribution in [-0.2, 0) is 0 Å². The lowest BCUT2D eigenvalue weighted by molar-refractivity contribution is 0.768. The molecule has 0 aliphatic carbocycles. The maximum atomic E-state index is 3.69. The maximum absolute atomic E-state index is 3.69. The highest BCUT2D eigenvalue weighted by molar-refractivity contribution is 5.02. The van der Waals surface area contributed by atoms with Crippen molar-refractivity contribution in [2.75, 3.05) is 13.6 Å². The van der Waals surface area contributed by atoms with Gasteiger partial charge in [0.25, 0.3) is 0 Å². The standard InChI is InChI=1S/C10H19N/c1-4-6-7-8-10(5-2)9-11-3/h4-5,11H,1,6-9H2,2-3H3/b10-5+. The van der Waals surface area contributed by atoms with Crippen LogP contribution in [0.3, 0.4) is 0 Å². The van der Waals surface area contributed by atoms with Crippen LogP contribution in [0, 0.1) is 0 Å². The summed E-state index contributed by atoms with van der Waals surface area (Å²) in [6, 6.07) is 0. The molecule has 0 unspecified atom stereocenters. The maximum Gasteiger partial charge on any atom is 0.0161 e. The lowest BCUT2D eigenvalue weighted by Gasteiger charge is -2.03. The fourth-order valence-corrected chi connectivity index (χ4v) is 1.04. The lowest BCUT2D eigenvalue weighted by atomic mass is 10.1. The van der Waals surface area contributed by atoms with Crippen molar-refractivity contribution in [2.45, 2.75) is 26.2 Å². The number of allylic oxidation sites excluding steroid dienone is 2. The van der Waals surface area contributed by atoms with Gasteiger partial charge in [-0.15, -0.1) is 6.58 Å². The number of rotatable bonds is 6. The molecular weight excluding hydrogens is 134 g/mol. The van der Waals surface area contributed by atoms with Crippen LogP contribution in [0.1, 0.15) is 26.2 Å². The fraction of sp³-hybridized carbons (Fsp3) is 0.600. The van der Waals surface area contributed by atoms with Gasteiger partial charge >= 0.3 is 0 Å². The first kappa shape index (κ1) is 10.4. The molecule has 1 nitrogen and oxygen atoms in total. The molecule has 64 valence electrons. The molecule has 0 aromatic rings. The molecule has 0 aliphatic rings. The second-order valence-electron chi connectivity index (χ2n) is 2.66. The van der Waals surface area contributed by atoms with Crippen LogP contribution >= 0.6 is 0 Å². The van der Waals surface area contributed by atoms with E-state index in [9.17, 15) is 0 Å². The Labute approximate surface area is 70.2 Å². The van der Waals surface area contributed by atoms with Crippen molar-refractivity contribution in [1.82, 2.24) is 5.32 Å². The van der Waals surface area contributed by atoms with Crippen molar-refractivity contribution < 1.29 is 0 Å². The largest absolute Gasteiger partial charge is 0.316 e. The molecule has 0 spiro atoms. The zero-order valence-electron chi connectivity index (χ0n) is 7.69. The Balaban J connectivity index is 3.44. The highest BCUT2D eigenvalue weighted by atomic mass is 14.8. The van der Waals surface area contributed by atoms with E-state index in [4.69, 9.17) is 0 Å². The van der Waals surface area contributed by atoms with Crippen molar-refractivity contribution in [1.29, 1.82) is 0 Å². The number of likely N-dealkylation sites (N-methyl/N-ethyl adjacent to an activating group) is 1. The molecule has 0 fully saturated rings. The minimum atomic E-state index is 1.02. The van der Waals surface area contributed by atoms with E-state index in [0.29, 0.717) is 0 Å². The molecule has 11 heavy (non-hydrogen) atoms. The first-order chi connectivity index (χ1) is 5.35. The van der Waals surface area contributed by atoms with Crippen LogP contribution < -0.4 is 5.32 Å². The van der Waals surface area contributed by atoms with Crippen LogP contribution in [0.15, 0.2) is 24.3 Å². The Morgan fingerprint density at radius 1 is 1.55 bits per heavy atom. The third-order valence-electron chi connectivity index (χ3n) is 1.72. The van der Waals surface area contributed by atoms with E-state index in [1.165, 1.54) is 18.4 Å². The first-order valence-electron chi connectivity index (χ1n) is 4.24. The van der Waals surface area contributed by atoms with Crippen molar-refractivity contribution in [3.05, 3.63) is 24.3 Å². The van der Waals surface area contributed by atoms with E-state index in [1.54, 1.807) is 0 Å². The third kappa shape index (κ3) is 5.86. The van der Waals surface area contributed by atoms with Crippen LogP contribution in [0.5, 0.6) is 0 Å². The van der Waals surface area contributed by atoms with Gasteiger partial charge < -0.3 is 5.32 Å². The van der Waals surface area contributed by atoms with Gasteiger partial charge in [0, 0.05) is 6.54 Å². The molecule has 0 aromatic heterocycles. The Morgan fingerprint density at radius 3 is 2.73 bits per heavy atom. The Bertz CT molecular complexity index is 125. The van der Waals surface area contributed by atoms with Crippen molar-refractivity contribution >= 4 is 0 Å². The molecule has 0 heterocycles. The van der Waals surface area contributed by atoms with E-state index in [0.717, 1.165) is 13.0 Å². The van der Waals surface area contributed by atoms with Crippen molar-refractivity contribution in [3.8, 4) is 0 Å². The van der Waals surface area contributed by atoms with Gasteiger partial charge in [-0.2, -0.15) is 0 Å². The second kappa shape index (κ2) is 7.55. The number of hydrogen-bond acceptors (Lipinski definition) is 1. The zero-order chi connectivity index (χ0) is 8.53. The van der Waals surface area contributed by atoms with Crippen molar-refractivity contribution in [3.63, 3.8) is 0 Å². The molecule has 0 rings (SSSR count). The van der Waals surface area contributed by atoms with E-state index < -0.39 is 0 Å². The van der Waals surface area contributed by atoms with Crippen LogP contribution in [0.2, 0.25) is 0 Å². The molecule has 0 saturated carbocycles. The summed E-state index contributed by atoms with van der Waals surface area (Å²) in [5.41, 5.74) is 1.49. The summed E-state index contributed by atoms with van der Waals surface area (Å²) < 4.78 is 0. The molecule has 0 amide bonds. The van der Waals surface area contributed by atoms with E-state index >= 15 is 0 Å². The number of nitrogens with one attached hydrogen (secondary N) is 1. The highest BCUT2D eigenvalue weighted by Crippen LogP contribution is 2.05. The predicted molar refractivity (Wildman–Crippen MR) is 51.7 cm³/mol. The smallest absolute Gasteiger partial charge is 0.0161 e. The van der Waals surface area contributed by atoms with E-state index in [2.05, 4.69) is 24.9 Å². The van der Waals surface area contributed by atoms with Gasteiger partial charge in [-0.3, -0.25) is 0 Å². The number of unbranched alkanes of at least 4 members (excludes halogenated alkanes) is 1. The Morgan fingerprint density at radius 2 is 2.27 bits per heavy atom. The third-order valence-corrected chi connectivity index (χ3v) is 1.72. The lowest BCUT2D eigenvalue weighted by Crippen LogP contribution is -2.10. The van der Waals surface area contributed by atoms with Gasteiger partial charge in [-0.05, 0) is 33.2 Å². The monoisotopic (exact) mass is 153 g/mol. The van der Waals surface area contributed by atoms with Gasteiger partial charge in [0.05, 0.1) is 0 Å². The van der Waals surface area contributed by atoms with Crippen molar-refractivity contribution in [2.24, 2.45) is 0 Å². The normalized spacial score (nSPS) is 11.6. The quantitative estimate of drug-likeness (QED) is 0.456. The van der Waals surface area contributed by atoms with Crippen LogP contribution in [-0.4, -0.2) is 13.6 Å². The summed E-state index contributed by atoms with van der Waals surface area (Å²) in [4.78, 5) is 0. The molecule has 0 radical (unpaired) electrons. The topological polar surface area (TPSA) is 12.0 Å². The van der Waals surface area contributed by atoms with Crippen LogP contribution in [0.25, 0.3) is 0 Å². The van der Waals surface area contributed by atoms with Gasteiger partial charge in [0.15, 0.2) is 0 Å². The van der Waals surface area contributed by atoms with Gasteiger partial charge in [-0.25, -0.2) is 0 Å². The van der Waals surface area contributed by atoms with E-state index in [-0.39, 0.29) is 0 Å². The predicted octanol–water partition coefficient (Wildman–Crippen LogP) is 2.51. The summed E-state index contributed by atoms with van der Waals surface area (Å²) in [7, 11) is 1.98. The molecule has 0 aromatic carbocycles. The average Bonchev–Trinajstić information content (AvgIpc) is 2.03.